The molecular weight excluding hydrogens is 274 g/mol. The van der Waals surface area contributed by atoms with Crippen LogP contribution >= 0.6 is 0 Å². The van der Waals surface area contributed by atoms with E-state index in [9.17, 15) is 9.90 Å². The molecule has 20 heavy (non-hydrogen) atoms. The van der Waals surface area contributed by atoms with E-state index in [0.29, 0.717) is 13.0 Å². The van der Waals surface area contributed by atoms with Gasteiger partial charge in [0.15, 0.2) is 5.78 Å². The summed E-state index contributed by atoms with van der Waals surface area (Å²) in [7, 11) is 0. The van der Waals surface area contributed by atoms with Crippen LogP contribution in [0.15, 0.2) is 42.0 Å². The van der Waals surface area contributed by atoms with Crippen LogP contribution in [0.5, 0.6) is 0 Å². The molecule has 0 aliphatic carbocycles. The molecule has 1 rings (SSSR count). The lowest BCUT2D eigenvalue weighted by Gasteiger charge is -2.17. The maximum Gasteiger partial charge on any atom is 0.161 e. The van der Waals surface area contributed by atoms with E-state index in [2.05, 4.69) is 0 Å². The van der Waals surface area contributed by atoms with Gasteiger partial charge in [-0.3, -0.25) is 4.79 Å². The first-order valence-corrected chi connectivity index (χ1v) is 6.74. The van der Waals surface area contributed by atoms with Gasteiger partial charge in [0, 0.05) is 0 Å². The van der Waals surface area contributed by atoms with E-state index in [4.69, 9.17) is 0 Å². The molecule has 0 saturated carbocycles. The highest BCUT2D eigenvalue weighted by Crippen LogP contribution is 2.13. The van der Waals surface area contributed by atoms with E-state index >= 15 is 0 Å². The molecule has 2 atom stereocenters. The fraction of sp³-hybridized carbons (Fsp3) is 0.438. The number of carbonyl (C=O) groups is 1. The zero-order valence-electron chi connectivity index (χ0n) is 12.3. The third-order valence-electron chi connectivity index (χ3n) is 3.02. The fourth-order valence-electron chi connectivity index (χ4n) is 1.97. The van der Waals surface area contributed by atoms with E-state index in [1.165, 1.54) is 0 Å². The van der Waals surface area contributed by atoms with Crippen molar-refractivity contribution in [1.29, 1.82) is 0 Å². The number of hydrogen-bond donors (Lipinski definition) is 2. The minimum absolute atomic E-state index is 0. The third-order valence-corrected chi connectivity index (χ3v) is 3.02. The summed E-state index contributed by atoms with van der Waals surface area (Å²) < 4.78 is 0. The number of hydrogen-bond acceptors (Lipinski definition) is 2. The summed E-state index contributed by atoms with van der Waals surface area (Å²) in [5.74, 6) is 0.151. The van der Waals surface area contributed by atoms with E-state index in [-0.39, 0.29) is 24.2 Å². The minimum atomic E-state index is -0.500. The quantitative estimate of drug-likeness (QED) is 0.609. The van der Waals surface area contributed by atoms with E-state index in [1.807, 2.05) is 56.4 Å². The first-order valence-electron chi connectivity index (χ1n) is 6.74. The van der Waals surface area contributed by atoms with Crippen molar-refractivity contribution in [2.45, 2.75) is 39.3 Å². The van der Waals surface area contributed by atoms with Crippen molar-refractivity contribution >= 4 is 5.78 Å². The lowest BCUT2D eigenvalue weighted by atomic mass is 10.0. The zero-order valence-corrected chi connectivity index (χ0v) is 13.1. The van der Waals surface area contributed by atoms with Crippen LogP contribution in [-0.2, 0) is 4.79 Å². The molecule has 3 nitrogen and oxygen atoms in total. The van der Waals surface area contributed by atoms with E-state index in [0.717, 1.165) is 11.1 Å². The smallest absolute Gasteiger partial charge is 0.161 e. The summed E-state index contributed by atoms with van der Waals surface area (Å²) in [6.45, 7) is 6.52. The molecule has 4 heteroatoms. The van der Waals surface area contributed by atoms with Gasteiger partial charge in [0.1, 0.15) is 12.1 Å². The molecule has 3 N–H and O–H groups in total. The average molecular weight is 298 g/mol. The van der Waals surface area contributed by atoms with Crippen LogP contribution < -0.4 is 17.7 Å². The summed E-state index contributed by atoms with van der Waals surface area (Å²) in [5, 5.41) is 12.2. The van der Waals surface area contributed by atoms with Crippen LogP contribution in [0.3, 0.4) is 0 Å². The number of aliphatic hydroxyl groups is 1. The van der Waals surface area contributed by atoms with Crippen molar-refractivity contribution in [2.24, 2.45) is 0 Å². The van der Waals surface area contributed by atoms with Crippen LogP contribution in [0.4, 0.5) is 0 Å². The number of aliphatic hydroxyl groups excluding tert-OH is 1. The normalized spacial score (nSPS) is 13.0. The Morgan fingerprint density at radius 2 is 1.90 bits per heavy atom. The number of rotatable bonds is 7. The first-order chi connectivity index (χ1) is 9.00. The molecule has 112 valence electrons. The molecule has 0 saturated heterocycles. The van der Waals surface area contributed by atoms with Gasteiger partial charge < -0.3 is 22.8 Å². The van der Waals surface area contributed by atoms with Crippen molar-refractivity contribution in [1.82, 2.24) is 0 Å². The predicted molar refractivity (Wildman–Crippen MR) is 76.7 cm³/mol. The van der Waals surface area contributed by atoms with Gasteiger partial charge in [0.2, 0.25) is 0 Å². The van der Waals surface area contributed by atoms with E-state index in [1.54, 1.807) is 6.08 Å². The molecule has 1 aromatic rings. The van der Waals surface area contributed by atoms with Gasteiger partial charge in [0.25, 0.3) is 0 Å². The number of ketones is 1. The molecule has 0 aliphatic rings. The zero-order chi connectivity index (χ0) is 14.3. The van der Waals surface area contributed by atoms with Gasteiger partial charge in [0.05, 0.1) is 13.0 Å². The summed E-state index contributed by atoms with van der Waals surface area (Å²) in [6, 6.07) is 9.66. The van der Waals surface area contributed by atoms with Crippen molar-refractivity contribution in [3.63, 3.8) is 0 Å². The number of nitrogens with two attached hydrogens (primary N) is 1. The maximum absolute atomic E-state index is 11.5. The highest BCUT2D eigenvalue weighted by atomic mass is 35.5. The standard InChI is InChI=1S/C16H23NO2.ClH/c1-12(2)11-15(18)9-10-17-13(3)16(19)14-7-5-4-6-8-14;/h4-8,11,13,16-17,19H,9-10H2,1-3H3;1H. The number of halogens is 1. The highest BCUT2D eigenvalue weighted by Gasteiger charge is 2.18. The van der Waals surface area contributed by atoms with Gasteiger partial charge in [-0.05, 0) is 32.4 Å². The minimum Gasteiger partial charge on any atom is -1.00 e. The molecule has 0 spiro atoms. The van der Waals surface area contributed by atoms with Crippen molar-refractivity contribution in [3.05, 3.63) is 47.5 Å². The topological polar surface area (TPSA) is 53.9 Å². The molecule has 2 unspecified atom stereocenters. The van der Waals surface area contributed by atoms with Crippen molar-refractivity contribution in [3.8, 4) is 0 Å². The van der Waals surface area contributed by atoms with Crippen LogP contribution in [0, 0.1) is 0 Å². The molecule has 0 heterocycles. The van der Waals surface area contributed by atoms with Crippen LogP contribution in [0.25, 0.3) is 0 Å². The SMILES string of the molecule is CC(C)=CC(=O)CC[NH2+]C(C)C(O)c1ccccc1.[Cl-]. The number of allylic oxidation sites excluding steroid dienone is 2. The Morgan fingerprint density at radius 3 is 2.45 bits per heavy atom. The second-order valence-corrected chi connectivity index (χ2v) is 5.18. The molecule has 0 radical (unpaired) electrons. The predicted octanol–water partition coefficient (Wildman–Crippen LogP) is -1.40. The summed E-state index contributed by atoms with van der Waals surface area (Å²) in [5.41, 5.74) is 1.95. The largest absolute Gasteiger partial charge is 1.00 e. The highest BCUT2D eigenvalue weighted by molar-refractivity contribution is 5.90. The van der Waals surface area contributed by atoms with E-state index < -0.39 is 6.10 Å². The molecule has 1 aromatic carbocycles. The van der Waals surface area contributed by atoms with Gasteiger partial charge in [-0.25, -0.2) is 0 Å². The van der Waals surface area contributed by atoms with Gasteiger partial charge in [-0.15, -0.1) is 0 Å². The Balaban J connectivity index is 0.00000361. The van der Waals surface area contributed by atoms with Gasteiger partial charge in [-0.2, -0.15) is 0 Å². The van der Waals surface area contributed by atoms with Crippen LogP contribution in [-0.4, -0.2) is 23.5 Å². The second kappa shape index (κ2) is 9.70. The van der Waals surface area contributed by atoms with Crippen molar-refractivity contribution < 1.29 is 27.6 Å². The first kappa shape index (κ1) is 18.8. The molecular formula is C16H24ClNO2. The molecule has 0 fully saturated rings. The number of carbonyl (C=O) groups excluding carboxylic acids is 1. The Hall–Kier alpha value is -1.16. The second-order valence-electron chi connectivity index (χ2n) is 5.18. The molecule has 0 bridgehead atoms. The summed E-state index contributed by atoms with van der Waals surface area (Å²) >= 11 is 0. The molecule has 0 aromatic heterocycles. The Labute approximate surface area is 127 Å². The molecule has 0 aliphatic heterocycles. The number of benzene rings is 1. The summed E-state index contributed by atoms with van der Waals surface area (Å²) in [6.07, 6.45) is 1.68. The number of quaternary nitrogens is 1. The monoisotopic (exact) mass is 297 g/mol. The van der Waals surface area contributed by atoms with Crippen LogP contribution in [0.2, 0.25) is 0 Å². The average Bonchev–Trinajstić information content (AvgIpc) is 2.37. The Bertz CT molecular complexity index is 427. The van der Waals surface area contributed by atoms with Crippen LogP contribution in [0.1, 0.15) is 38.9 Å². The third kappa shape index (κ3) is 6.85. The Morgan fingerprint density at radius 1 is 1.30 bits per heavy atom. The maximum atomic E-state index is 11.5. The lowest BCUT2D eigenvalue weighted by Crippen LogP contribution is -3.00. The van der Waals surface area contributed by atoms with Gasteiger partial charge in [-0.1, -0.05) is 35.9 Å². The Kier molecular flexibility index (Phi) is 9.14. The van der Waals surface area contributed by atoms with Gasteiger partial charge >= 0.3 is 0 Å². The summed E-state index contributed by atoms with van der Waals surface area (Å²) in [4.78, 5) is 11.5. The molecule has 0 amide bonds. The fourth-order valence-corrected chi connectivity index (χ4v) is 1.97. The lowest BCUT2D eigenvalue weighted by molar-refractivity contribution is -0.693. The van der Waals surface area contributed by atoms with Crippen molar-refractivity contribution in [2.75, 3.05) is 6.54 Å².